The minimum atomic E-state index is -0.140. The van der Waals surface area contributed by atoms with Crippen molar-refractivity contribution in [3.05, 3.63) is 57.0 Å². The molecule has 5 heteroatoms. The van der Waals surface area contributed by atoms with E-state index in [0.29, 0.717) is 11.9 Å². The van der Waals surface area contributed by atoms with E-state index in [1.54, 1.807) is 4.68 Å². The molecule has 0 bridgehead atoms. The van der Waals surface area contributed by atoms with Crippen LogP contribution in [0.2, 0.25) is 5.02 Å². The normalized spacial score (nSPS) is 10.8. The van der Waals surface area contributed by atoms with Crippen LogP contribution in [0.15, 0.2) is 35.1 Å². The van der Waals surface area contributed by atoms with Gasteiger partial charge in [0.2, 0.25) is 0 Å². The highest BCUT2D eigenvalue weighted by Gasteiger charge is 2.10. The molecule has 1 aromatic carbocycles. The second-order valence-corrected chi connectivity index (χ2v) is 5.02. The number of H-pyrrole nitrogens is 1. The van der Waals surface area contributed by atoms with Gasteiger partial charge in [0.15, 0.2) is 0 Å². The molecule has 0 saturated carbocycles. The van der Waals surface area contributed by atoms with Crippen LogP contribution in [0.5, 0.6) is 0 Å². The van der Waals surface area contributed by atoms with Crippen LogP contribution in [-0.4, -0.2) is 9.78 Å². The van der Waals surface area contributed by atoms with Crippen molar-refractivity contribution in [2.75, 3.05) is 0 Å². The molecule has 3 nitrogen and oxygen atoms in total. The van der Waals surface area contributed by atoms with Gasteiger partial charge in [0.25, 0.3) is 5.56 Å². The monoisotopic (exact) mass is 328 g/mol. The van der Waals surface area contributed by atoms with Gasteiger partial charge in [-0.2, -0.15) is 0 Å². The van der Waals surface area contributed by atoms with Crippen LogP contribution in [0.1, 0.15) is 17.7 Å². The third-order valence-corrected chi connectivity index (χ3v) is 3.74. The third-order valence-electron chi connectivity index (χ3n) is 2.79. The van der Waals surface area contributed by atoms with E-state index in [9.17, 15) is 4.79 Å². The Labute approximate surface area is 119 Å². The molecular formula is C13H14BrClN2O. The summed E-state index contributed by atoms with van der Waals surface area (Å²) in [5.41, 5.74) is 1.88. The Morgan fingerprint density at radius 3 is 2.61 bits per heavy atom. The highest BCUT2D eigenvalue weighted by molar-refractivity contribution is 9.08. The summed E-state index contributed by atoms with van der Waals surface area (Å²) in [5, 5.41) is 3.86. The van der Waals surface area contributed by atoms with E-state index in [-0.39, 0.29) is 10.6 Å². The van der Waals surface area contributed by atoms with E-state index in [0.717, 1.165) is 18.5 Å². The van der Waals surface area contributed by atoms with Crippen LogP contribution in [0.25, 0.3) is 0 Å². The average molecular weight is 330 g/mol. The average Bonchev–Trinajstić information content (AvgIpc) is 2.68. The van der Waals surface area contributed by atoms with E-state index in [1.165, 1.54) is 5.56 Å². The first-order chi connectivity index (χ1) is 8.72. The highest BCUT2D eigenvalue weighted by atomic mass is 79.9. The van der Waals surface area contributed by atoms with Gasteiger partial charge in [0, 0.05) is 11.9 Å². The number of aryl methyl sites for hydroxylation is 2. The predicted molar refractivity (Wildman–Crippen MR) is 77.5 cm³/mol. The predicted octanol–water partition coefficient (Wildman–Crippen LogP) is 3.36. The second-order valence-electron chi connectivity index (χ2n) is 4.08. The van der Waals surface area contributed by atoms with Gasteiger partial charge in [-0.3, -0.25) is 14.6 Å². The number of hydrogen-bond acceptors (Lipinski definition) is 1. The maximum atomic E-state index is 11.8. The van der Waals surface area contributed by atoms with Crippen LogP contribution >= 0.6 is 27.5 Å². The number of alkyl halides is 1. The summed E-state index contributed by atoms with van der Waals surface area (Å²) in [6.07, 6.45) is 1.86. The summed E-state index contributed by atoms with van der Waals surface area (Å²) in [5.74, 6) is 0. The van der Waals surface area contributed by atoms with E-state index in [2.05, 4.69) is 33.2 Å². The number of halogens is 2. The topological polar surface area (TPSA) is 37.8 Å². The van der Waals surface area contributed by atoms with Crippen LogP contribution < -0.4 is 5.56 Å². The van der Waals surface area contributed by atoms with E-state index in [1.807, 2.05) is 18.2 Å². The number of aromatic amines is 1. The van der Waals surface area contributed by atoms with Gasteiger partial charge in [0.1, 0.15) is 5.02 Å². The SMILES string of the molecule is O=c1c(Cl)c(CBr)[nH]n1CCCc1ccccc1. The number of benzene rings is 1. The molecule has 1 aromatic heterocycles. The quantitative estimate of drug-likeness (QED) is 0.839. The van der Waals surface area contributed by atoms with Gasteiger partial charge in [-0.25, -0.2) is 0 Å². The largest absolute Gasteiger partial charge is 0.297 e. The molecule has 0 spiro atoms. The van der Waals surface area contributed by atoms with E-state index >= 15 is 0 Å². The smallest absolute Gasteiger partial charge is 0.285 e. The number of hydrogen-bond donors (Lipinski definition) is 1. The van der Waals surface area contributed by atoms with Crippen molar-refractivity contribution >= 4 is 27.5 Å². The zero-order valence-electron chi connectivity index (χ0n) is 9.83. The summed E-state index contributed by atoms with van der Waals surface area (Å²) in [7, 11) is 0. The van der Waals surface area contributed by atoms with Crippen molar-refractivity contribution in [1.29, 1.82) is 0 Å². The maximum Gasteiger partial charge on any atom is 0.285 e. The fourth-order valence-corrected chi connectivity index (χ4v) is 2.62. The number of aromatic nitrogens is 2. The fraction of sp³-hybridized carbons (Fsp3) is 0.308. The lowest BCUT2D eigenvalue weighted by molar-refractivity contribution is 0.560. The maximum absolute atomic E-state index is 11.8. The molecule has 18 heavy (non-hydrogen) atoms. The van der Waals surface area contributed by atoms with Gasteiger partial charge in [-0.05, 0) is 18.4 Å². The summed E-state index contributed by atoms with van der Waals surface area (Å²) >= 11 is 9.21. The Morgan fingerprint density at radius 1 is 1.28 bits per heavy atom. The number of nitrogens with zero attached hydrogens (tertiary/aromatic N) is 1. The van der Waals surface area contributed by atoms with Crippen LogP contribution in [-0.2, 0) is 18.3 Å². The molecule has 0 aliphatic heterocycles. The molecule has 2 rings (SSSR count). The van der Waals surface area contributed by atoms with Crippen molar-refractivity contribution in [2.24, 2.45) is 0 Å². The molecule has 96 valence electrons. The lowest BCUT2D eigenvalue weighted by Gasteiger charge is -2.02. The van der Waals surface area contributed by atoms with Gasteiger partial charge in [0.05, 0.1) is 5.69 Å². The molecule has 1 heterocycles. The van der Waals surface area contributed by atoms with Gasteiger partial charge < -0.3 is 0 Å². The molecule has 1 N–H and O–H groups in total. The Bertz CT molecular complexity index is 562. The molecule has 0 radical (unpaired) electrons. The molecule has 0 amide bonds. The standard InChI is InChI=1S/C13H14BrClN2O/c14-9-11-12(15)13(18)17(16-11)8-4-7-10-5-2-1-3-6-10/h1-3,5-6,16H,4,7-9H2. The van der Waals surface area contributed by atoms with Crippen molar-refractivity contribution in [2.45, 2.75) is 24.7 Å². The van der Waals surface area contributed by atoms with Crippen molar-refractivity contribution in [3.8, 4) is 0 Å². The number of nitrogens with one attached hydrogen (secondary N) is 1. The Hall–Kier alpha value is -1.00. The Morgan fingerprint density at radius 2 is 2.00 bits per heavy atom. The zero-order chi connectivity index (χ0) is 13.0. The first-order valence-electron chi connectivity index (χ1n) is 5.79. The lowest BCUT2D eigenvalue weighted by atomic mass is 10.1. The van der Waals surface area contributed by atoms with E-state index < -0.39 is 0 Å². The molecule has 2 aromatic rings. The minimum absolute atomic E-state index is 0.140. The molecule has 0 aliphatic carbocycles. The first kappa shape index (κ1) is 13.4. The van der Waals surface area contributed by atoms with Crippen LogP contribution in [0.4, 0.5) is 0 Å². The van der Waals surface area contributed by atoms with Gasteiger partial charge in [-0.15, -0.1) is 0 Å². The van der Waals surface area contributed by atoms with E-state index in [4.69, 9.17) is 11.6 Å². The summed E-state index contributed by atoms with van der Waals surface area (Å²) in [6, 6.07) is 10.2. The molecule has 0 saturated heterocycles. The molecule has 0 fully saturated rings. The molecule has 0 atom stereocenters. The third kappa shape index (κ3) is 3.06. The molecule has 0 unspecified atom stereocenters. The lowest BCUT2D eigenvalue weighted by Crippen LogP contribution is -2.17. The second kappa shape index (κ2) is 6.25. The highest BCUT2D eigenvalue weighted by Crippen LogP contribution is 2.12. The van der Waals surface area contributed by atoms with Gasteiger partial charge >= 0.3 is 0 Å². The van der Waals surface area contributed by atoms with Crippen LogP contribution in [0, 0.1) is 0 Å². The summed E-state index contributed by atoms with van der Waals surface area (Å²) in [4.78, 5) is 11.8. The van der Waals surface area contributed by atoms with Crippen molar-refractivity contribution in [3.63, 3.8) is 0 Å². The van der Waals surface area contributed by atoms with Crippen molar-refractivity contribution < 1.29 is 0 Å². The molecule has 0 aliphatic rings. The summed E-state index contributed by atoms with van der Waals surface area (Å²) < 4.78 is 1.57. The zero-order valence-corrected chi connectivity index (χ0v) is 12.2. The first-order valence-corrected chi connectivity index (χ1v) is 7.29. The van der Waals surface area contributed by atoms with Crippen molar-refractivity contribution in [1.82, 2.24) is 9.78 Å². The van der Waals surface area contributed by atoms with Gasteiger partial charge in [-0.1, -0.05) is 57.9 Å². The Kier molecular flexibility index (Phi) is 4.66. The Balaban J connectivity index is 1.97. The summed E-state index contributed by atoms with van der Waals surface area (Å²) in [6.45, 7) is 0.653. The fourth-order valence-electron chi connectivity index (χ4n) is 1.84. The molecular weight excluding hydrogens is 316 g/mol. The van der Waals surface area contributed by atoms with Crippen LogP contribution in [0.3, 0.4) is 0 Å². The number of rotatable bonds is 5. The minimum Gasteiger partial charge on any atom is -0.297 e.